The average Bonchev–Trinajstić information content (AvgIpc) is 3.39. The van der Waals surface area contributed by atoms with E-state index in [0.717, 1.165) is 89.3 Å². The van der Waals surface area contributed by atoms with Gasteiger partial charge in [0.15, 0.2) is 0 Å². The number of benzene rings is 8. The van der Waals surface area contributed by atoms with Crippen molar-refractivity contribution in [3.8, 4) is 113 Å². The molecule has 2 aromatic heterocycles. The van der Waals surface area contributed by atoms with E-state index in [1.807, 2.05) is 97.2 Å². The summed E-state index contributed by atoms with van der Waals surface area (Å²) in [5.41, 5.74) is 18.8. The summed E-state index contributed by atoms with van der Waals surface area (Å²) in [7, 11) is 0. The Kier molecular flexibility index (Phi) is 10.8. The number of hydrogen-bond acceptors (Lipinski definition) is 4. The van der Waals surface area contributed by atoms with E-state index in [-0.39, 0.29) is 0 Å². The Hall–Kier alpha value is -8.96. The van der Waals surface area contributed by atoms with Crippen molar-refractivity contribution in [3.63, 3.8) is 0 Å². The maximum absolute atomic E-state index is 10.7. The van der Waals surface area contributed by atoms with Gasteiger partial charge in [0.05, 0.1) is 34.7 Å². The van der Waals surface area contributed by atoms with Crippen LogP contribution < -0.4 is 0 Å². The summed E-state index contributed by atoms with van der Waals surface area (Å²) in [5.74, 6) is 0. The summed E-state index contributed by atoms with van der Waals surface area (Å²) in [6.07, 6.45) is 3.60. The van der Waals surface area contributed by atoms with Crippen molar-refractivity contribution in [2.45, 2.75) is 0 Å². The van der Waals surface area contributed by atoms with Crippen LogP contribution in [0.2, 0.25) is 0 Å². The van der Waals surface area contributed by atoms with E-state index >= 15 is 0 Å². The number of hydrogen-bond donors (Lipinski definition) is 0. The molecule has 10 aromatic rings. The standard InChI is InChI=1S/C60H38N4/c61-39-51-33-46(59-21-11-12-31-63-59)26-28-55(51)57-19-9-7-17-53(57)49-35-48(42-15-5-2-6-16-42)36-50(37-49)54-18-8-10-20-58(54)56-29-27-47(34-52(56)40-62)60-38-45(30-32-64-60)44-24-22-43(23-25-44)41-13-3-1-4-14-41/h1-38H. The van der Waals surface area contributed by atoms with Crippen LogP contribution in [0.5, 0.6) is 0 Å². The molecule has 298 valence electrons. The Bertz CT molecular complexity index is 3380. The molecule has 0 spiro atoms. The largest absolute Gasteiger partial charge is 0.256 e. The summed E-state index contributed by atoms with van der Waals surface area (Å²) in [6, 6.07) is 79.5. The molecule has 64 heavy (non-hydrogen) atoms. The van der Waals surface area contributed by atoms with Gasteiger partial charge in [-0.2, -0.15) is 10.5 Å². The maximum Gasteiger partial charge on any atom is 0.0998 e. The van der Waals surface area contributed by atoms with E-state index in [1.54, 1.807) is 6.20 Å². The van der Waals surface area contributed by atoms with Gasteiger partial charge < -0.3 is 0 Å². The minimum atomic E-state index is 0.562. The number of nitriles is 2. The third-order valence-corrected chi connectivity index (χ3v) is 11.7. The van der Waals surface area contributed by atoms with Gasteiger partial charge in [0.2, 0.25) is 0 Å². The van der Waals surface area contributed by atoms with E-state index in [2.05, 4.69) is 145 Å². The molecule has 0 amide bonds. The fourth-order valence-electron chi connectivity index (χ4n) is 8.52. The Morgan fingerprint density at radius 2 is 0.672 bits per heavy atom. The van der Waals surface area contributed by atoms with Crippen LogP contribution in [0.25, 0.3) is 100 Å². The first-order valence-electron chi connectivity index (χ1n) is 21.2. The first-order valence-corrected chi connectivity index (χ1v) is 21.2. The van der Waals surface area contributed by atoms with Gasteiger partial charge in [-0.3, -0.25) is 9.97 Å². The molecule has 8 aromatic carbocycles. The highest BCUT2D eigenvalue weighted by molar-refractivity contribution is 5.94. The molecular formula is C60H38N4. The topological polar surface area (TPSA) is 73.4 Å². The second kappa shape index (κ2) is 17.6. The number of aromatic nitrogens is 2. The summed E-state index contributed by atoms with van der Waals surface area (Å²) < 4.78 is 0. The lowest BCUT2D eigenvalue weighted by molar-refractivity contribution is 1.32. The quantitative estimate of drug-likeness (QED) is 0.145. The molecule has 0 saturated carbocycles. The van der Waals surface area contributed by atoms with Crippen molar-refractivity contribution in [2.24, 2.45) is 0 Å². The molecule has 0 bridgehead atoms. The van der Waals surface area contributed by atoms with Gasteiger partial charge in [-0.1, -0.05) is 164 Å². The van der Waals surface area contributed by atoms with E-state index in [9.17, 15) is 10.5 Å². The van der Waals surface area contributed by atoms with Gasteiger partial charge in [0, 0.05) is 34.6 Å². The highest BCUT2D eigenvalue weighted by Crippen LogP contribution is 2.42. The molecule has 0 aliphatic rings. The predicted octanol–water partition coefficient (Wildman–Crippen LogP) is 15.2. The van der Waals surface area contributed by atoms with Gasteiger partial charge in [0.25, 0.3) is 0 Å². The van der Waals surface area contributed by atoms with Crippen molar-refractivity contribution < 1.29 is 0 Å². The normalized spacial score (nSPS) is 10.8. The molecule has 0 atom stereocenters. The Balaban J connectivity index is 1.04. The molecular weight excluding hydrogens is 777 g/mol. The van der Waals surface area contributed by atoms with Gasteiger partial charge in [0.1, 0.15) is 0 Å². The molecule has 0 saturated heterocycles. The van der Waals surface area contributed by atoms with Gasteiger partial charge in [-0.25, -0.2) is 0 Å². The molecule has 0 N–H and O–H groups in total. The van der Waals surface area contributed by atoms with Gasteiger partial charge in [-0.15, -0.1) is 0 Å². The number of nitrogens with zero attached hydrogens (tertiary/aromatic N) is 4. The van der Waals surface area contributed by atoms with Crippen molar-refractivity contribution in [2.75, 3.05) is 0 Å². The zero-order valence-corrected chi connectivity index (χ0v) is 34.7. The molecule has 10 rings (SSSR count). The average molecular weight is 815 g/mol. The van der Waals surface area contributed by atoms with Crippen LogP contribution >= 0.6 is 0 Å². The Morgan fingerprint density at radius 1 is 0.250 bits per heavy atom. The SMILES string of the molecule is N#Cc1cc(-c2ccccn2)ccc1-c1ccccc1-c1cc(-c2ccccc2)cc(-c2ccccc2-c2ccc(-c3cc(-c4ccc(-c5ccccc5)cc4)ccn3)cc2C#N)c1. The third kappa shape index (κ3) is 7.88. The third-order valence-electron chi connectivity index (χ3n) is 11.7. The Morgan fingerprint density at radius 3 is 1.20 bits per heavy atom. The molecule has 0 fully saturated rings. The van der Waals surface area contributed by atoms with Crippen molar-refractivity contribution >= 4 is 0 Å². The van der Waals surface area contributed by atoms with Crippen molar-refractivity contribution in [3.05, 3.63) is 242 Å². The first-order chi connectivity index (χ1) is 31.6. The molecule has 0 unspecified atom stereocenters. The van der Waals surface area contributed by atoms with Crippen LogP contribution in [0.3, 0.4) is 0 Å². The van der Waals surface area contributed by atoms with E-state index < -0.39 is 0 Å². The Labute approximate surface area is 373 Å². The summed E-state index contributed by atoms with van der Waals surface area (Å²) in [4.78, 5) is 9.27. The zero-order valence-electron chi connectivity index (χ0n) is 34.7. The second-order valence-corrected chi connectivity index (χ2v) is 15.6. The fraction of sp³-hybridized carbons (Fsp3) is 0. The molecule has 2 heterocycles. The second-order valence-electron chi connectivity index (χ2n) is 15.6. The minimum Gasteiger partial charge on any atom is -0.256 e. The molecule has 4 heteroatoms. The first kappa shape index (κ1) is 39.2. The van der Waals surface area contributed by atoms with Crippen molar-refractivity contribution in [1.82, 2.24) is 9.97 Å². The molecule has 0 aliphatic carbocycles. The maximum atomic E-state index is 10.7. The lowest BCUT2D eigenvalue weighted by Crippen LogP contribution is -1.94. The van der Waals surface area contributed by atoms with E-state index in [4.69, 9.17) is 4.98 Å². The van der Waals surface area contributed by atoms with E-state index in [1.165, 1.54) is 11.1 Å². The number of rotatable bonds is 9. The molecule has 0 radical (unpaired) electrons. The lowest BCUT2D eigenvalue weighted by atomic mass is 9.86. The smallest absolute Gasteiger partial charge is 0.0998 e. The van der Waals surface area contributed by atoms with Crippen LogP contribution in [-0.4, -0.2) is 9.97 Å². The summed E-state index contributed by atoms with van der Waals surface area (Å²) in [6.45, 7) is 0. The zero-order chi connectivity index (χ0) is 43.2. The van der Waals surface area contributed by atoms with Crippen LogP contribution in [0.15, 0.2) is 231 Å². The molecule has 4 nitrogen and oxygen atoms in total. The van der Waals surface area contributed by atoms with Crippen LogP contribution in [0.1, 0.15) is 11.1 Å². The van der Waals surface area contributed by atoms with Crippen LogP contribution in [0.4, 0.5) is 0 Å². The number of pyridine rings is 2. The van der Waals surface area contributed by atoms with Crippen LogP contribution in [-0.2, 0) is 0 Å². The van der Waals surface area contributed by atoms with Crippen molar-refractivity contribution in [1.29, 1.82) is 10.5 Å². The van der Waals surface area contributed by atoms with Gasteiger partial charge >= 0.3 is 0 Å². The van der Waals surface area contributed by atoms with Gasteiger partial charge in [-0.05, 0) is 121 Å². The molecule has 0 aliphatic heterocycles. The lowest BCUT2D eigenvalue weighted by Gasteiger charge is -2.17. The highest BCUT2D eigenvalue weighted by atomic mass is 14.7. The monoisotopic (exact) mass is 814 g/mol. The minimum absolute atomic E-state index is 0.562. The fourth-order valence-corrected chi connectivity index (χ4v) is 8.52. The predicted molar refractivity (Wildman–Crippen MR) is 260 cm³/mol. The van der Waals surface area contributed by atoms with E-state index in [0.29, 0.717) is 11.1 Å². The summed E-state index contributed by atoms with van der Waals surface area (Å²) >= 11 is 0. The highest BCUT2D eigenvalue weighted by Gasteiger charge is 2.18. The summed E-state index contributed by atoms with van der Waals surface area (Å²) in [5, 5.41) is 21.2. The van der Waals surface area contributed by atoms with Crippen LogP contribution in [0, 0.1) is 22.7 Å².